The first-order chi connectivity index (χ1) is 11.6. The van der Waals surface area contributed by atoms with Crippen LogP contribution in [0.5, 0.6) is 11.5 Å². The van der Waals surface area contributed by atoms with Gasteiger partial charge in [-0.15, -0.1) is 0 Å². The van der Waals surface area contributed by atoms with E-state index in [1.54, 1.807) is 31.4 Å². The molecule has 1 fully saturated rings. The summed E-state index contributed by atoms with van der Waals surface area (Å²) in [6, 6.07) is 6.57. The van der Waals surface area contributed by atoms with Crippen LogP contribution in [0, 0.1) is 5.92 Å². The summed E-state index contributed by atoms with van der Waals surface area (Å²) in [6.45, 7) is 3.09. The van der Waals surface area contributed by atoms with Crippen LogP contribution in [0.3, 0.4) is 0 Å². The van der Waals surface area contributed by atoms with Crippen molar-refractivity contribution in [2.45, 2.75) is 31.8 Å². The van der Waals surface area contributed by atoms with Crippen LogP contribution in [0.2, 0.25) is 0 Å². The number of hydrogen-bond donors (Lipinski definition) is 0. The van der Waals surface area contributed by atoms with Gasteiger partial charge in [0.05, 0.1) is 12.0 Å². The van der Waals surface area contributed by atoms with Crippen molar-refractivity contribution in [1.82, 2.24) is 0 Å². The topological polar surface area (TPSA) is 71.1 Å². The van der Waals surface area contributed by atoms with Crippen molar-refractivity contribution in [1.29, 1.82) is 0 Å². The minimum absolute atomic E-state index is 0.0781. The molecular formula is C18H22O6. The van der Waals surface area contributed by atoms with Crippen molar-refractivity contribution in [2.24, 2.45) is 5.92 Å². The SMILES string of the molecule is C=CC(=O)OCOc1ccc(OC(=O)C2CCC(OC)CC2)cc1. The van der Waals surface area contributed by atoms with E-state index in [4.69, 9.17) is 18.9 Å². The van der Waals surface area contributed by atoms with Crippen LogP contribution < -0.4 is 9.47 Å². The zero-order valence-corrected chi connectivity index (χ0v) is 13.7. The Hall–Kier alpha value is -2.34. The zero-order chi connectivity index (χ0) is 17.4. The Bertz CT molecular complexity index is 557. The van der Waals surface area contributed by atoms with Crippen LogP contribution in [-0.2, 0) is 19.1 Å². The molecule has 0 aliphatic heterocycles. The van der Waals surface area contributed by atoms with E-state index >= 15 is 0 Å². The number of ether oxygens (including phenoxy) is 4. The number of carbonyl (C=O) groups excluding carboxylic acids is 2. The van der Waals surface area contributed by atoms with Crippen molar-refractivity contribution in [3.8, 4) is 11.5 Å². The van der Waals surface area contributed by atoms with E-state index < -0.39 is 5.97 Å². The third kappa shape index (κ3) is 5.38. The van der Waals surface area contributed by atoms with Gasteiger partial charge in [0.15, 0.2) is 0 Å². The van der Waals surface area contributed by atoms with Gasteiger partial charge in [0.25, 0.3) is 0 Å². The third-order valence-electron chi connectivity index (χ3n) is 3.98. The molecule has 24 heavy (non-hydrogen) atoms. The maximum absolute atomic E-state index is 12.2. The Morgan fingerprint density at radius 2 is 1.75 bits per heavy atom. The van der Waals surface area contributed by atoms with E-state index in [-0.39, 0.29) is 24.8 Å². The van der Waals surface area contributed by atoms with Crippen LogP contribution in [0.15, 0.2) is 36.9 Å². The van der Waals surface area contributed by atoms with E-state index in [1.165, 1.54) is 0 Å². The number of methoxy groups -OCH3 is 1. The van der Waals surface area contributed by atoms with Gasteiger partial charge in [-0.25, -0.2) is 4.79 Å². The number of carbonyl (C=O) groups is 2. The lowest BCUT2D eigenvalue weighted by Crippen LogP contribution is -2.28. The minimum Gasteiger partial charge on any atom is -0.457 e. The maximum Gasteiger partial charge on any atom is 0.333 e. The van der Waals surface area contributed by atoms with Gasteiger partial charge >= 0.3 is 11.9 Å². The van der Waals surface area contributed by atoms with Crippen molar-refractivity contribution in [3.63, 3.8) is 0 Å². The number of benzene rings is 1. The molecule has 2 rings (SSSR count). The fraction of sp³-hybridized carbons (Fsp3) is 0.444. The average molecular weight is 334 g/mol. The molecular weight excluding hydrogens is 312 g/mol. The second kappa shape index (κ2) is 9.08. The molecule has 0 unspecified atom stereocenters. The maximum atomic E-state index is 12.2. The Morgan fingerprint density at radius 1 is 1.12 bits per heavy atom. The molecule has 6 heteroatoms. The van der Waals surface area contributed by atoms with E-state index in [1.807, 2.05) is 0 Å². The Labute approximate surface area is 141 Å². The fourth-order valence-electron chi connectivity index (χ4n) is 2.55. The molecule has 0 heterocycles. The zero-order valence-electron chi connectivity index (χ0n) is 13.7. The van der Waals surface area contributed by atoms with Crippen molar-refractivity contribution < 1.29 is 28.5 Å². The lowest BCUT2D eigenvalue weighted by Gasteiger charge is -2.26. The molecule has 1 saturated carbocycles. The van der Waals surface area contributed by atoms with Gasteiger partial charge in [-0.05, 0) is 49.9 Å². The summed E-state index contributed by atoms with van der Waals surface area (Å²) in [5, 5.41) is 0. The summed E-state index contributed by atoms with van der Waals surface area (Å²) in [4.78, 5) is 23.0. The largest absolute Gasteiger partial charge is 0.457 e. The summed E-state index contributed by atoms with van der Waals surface area (Å²) >= 11 is 0. The second-order valence-electron chi connectivity index (χ2n) is 5.53. The van der Waals surface area contributed by atoms with E-state index in [9.17, 15) is 9.59 Å². The molecule has 0 amide bonds. The standard InChI is InChI=1S/C18H22O6/c1-3-17(19)23-12-22-15-8-10-16(11-9-15)24-18(20)13-4-6-14(21-2)7-5-13/h3,8-11,13-14H,1,4-7,12H2,2H3. The molecule has 6 nitrogen and oxygen atoms in total. The van der Waals surface area contributed by atoms with Crippen LogP contribution in [0.1, 0.15) is 25.7 Å². The van der Waals surface area contributed by atoms with Gasteiger partial charge in [0.2, 0.25) is 6.79 Å². The van der Waals surface area contributed by atoms with Crippen LogP contribution in [0.25, 0.3) is 0 Å². The van der Waals surface area contributed by atoms with E-state index in [2.05, 4.69) is 6.58 Å². The smallest absolute Gasteiger partial charge is 0.333 e. The van der Waals surface area contributed by atoms with E-state index in [0.29, 0.717) is 11.5 Å². The molecule has 0 radical (unpaired) electrons. The number of esters is 2. The fourth-order valence-corrected chi connectivity index (χ4v) is 2.55. The highest BCUT2D eigenvalue weighted by molar-refractivity contribution is 5.81. The first-order valence-corrected chi connectivity index (χ1v) is 7.89. The summed E-state index contributed by atoms with van der Waals surface area (Å²) in [5.74, 6) is 0.129. The quantitative estimate of drug-likeness (QED) is 0.330. The van der Waals surface area contributed by atoms with Crippen molar-refractivity contribution in [2.75, 3.05) is 13.9 Å². The van der Waals surface area contributed by atoms with Gasteiger partial charge in [-0.3, -0.25) is 4.79 Å². The predicted octanol–water partition coefficient (Wildman–Crippen LogP) is 2.86. The Balaban J connectivity index is 1.77. The van der Waals surface area contributed by atoms with Crippen molar-refractivity contribution >= 4 is 11.9 Å². The molecule has 1 aliphatic rings. The molecule has 0 saturated heterocycles. The summed E-state index contributed by atoms with van der Waals surface area (Å²) in [5.41, 5.74) is 0. The monoisotopic (exact) mass is 334 g/mol. The number of hydrogen-bond acceptors (Lipinski definition) is 6. The van der Waals surface area contributed by atoms with Crippen molar-refractivity contribution in [3.05, 3.63) is 36.9 Å². The minimum atomic E-state index is -0.552. The van der Waals surface area contributed by atoms with Gasteiger partial charge < -0.3 is 18.9 Å². The van der Waals surface area contributed by atoms with Gasteiger partial charge in [0, 0.05) is 13.2 Å². The Kier molecular flexibility index (Phi) is 6.81. The van der Waals surface area contributed by atoms with Crippen LogP contribution in [-0.4, -0.2) is 31.9 Å². The second-order valence-corrected chi connectivity index (χ2v) is 5.53. The first-order valence-electron chi connectivity index (χ1n) is 7.89. The molecule has 1 aromatic rings. The highest BCUT2D eigenvalue weighted by atomic mass is 16.7. The molecule has 1 aromatic carbocycles. The first kappa shape index (κ1) is 18.0. The Morgan fingerprint density at radius 3 is 2.33 bits per heavy atom. The normalized spacial score (nSPS) is 20.0. The molecule has 0 N–H and O–H groups in total. The predicted molar refractivity (Wildman–Crippen MR) is 86.6 cm³/mol. The summed E-state index contributed by atoms with van der Waals surface area (Å²) in [7, 11) is 1.70. The number of rotatable bonds is 7. The summed E-state index contributed by atoms with van der Waals surface area (Å²) in [6.07, 6.45) is 4.64. The molecule has 0 atom stereocenters. The van der Waals surface area contributed by atoms with E-state index in [0.717, 1.165) is 31.8 Å². The lowest BCUT2D eigenvalue weighted by atomic mass is 9.87. The average Bonchev–Trinajstić information content (AvgIpc) is 2.63. The third-order valence-corrected chi connectivity index (χ3v) is 3.98. The molecule has 1 aliphatic carbocycles. The van der Waals surface area contributed by atoms with Gasteiger partial charge in [-0.2, -0.15) is 0 Å². The summed E-state index contributed by atoms with van der Waals surface area (Å²) < 4.78 is 20.7. The van der Waals surface area contributed by atoms with Gasteiger partial charge in [0.1, 0.15) is 11.5 Å². The lowest BCUT2D eigenvalue weighted by molar-refractivity contribution is -0.144. The molecule has 0 aromatic heterocycles. The highest BCUT2D eigenvalue weighted by Crippen LogP contribution is 2.28. The molecule has 130 valence electrons. The van der Waals surface area contributed by atoms with Gasteiger partial charge in [-0.1, -0.05) is 6.58 Å². The molecule has 0 spiro atoms. The molecule has 0 bridgehead atoms. The highest BCUT2D eigenvalue weighted by Gasteiger charge is 2.27. The van der Waals surface area contributed by atoms with Crippen LogP contribution >= 0.6 is 0 Å². The van der Waals surface area contributed by atoms with Crippen LogP contribution in [0.4, 0.5) is 0 Å².